The summed E-state index contributed by atoms with van der Waals surface area (Å²) >= 11 is 0. The first-order valence-electron chi connectivity index (χ1n) is 4.27. The maximum absolute atomic E-state index is 3.78. The fourth-order valence-corrected chi connectivity index (χ4v) is 1.16. The van der Waals surface area contributed by atoms with Crippen LogP contribution in [0.3, 0.4) is 0 Å². The molecule has 0 aliphatic carbocycles. The number of rotatable bonds is 4. The lowest BCUT2D eigenvalue weighted by Crippen LogP contribution is -2.26. The molecule has 2 nitrogen and oxygen atoms in total. The molecule has 0 aromatic heterocycles. The minimum absolute atomic E-state index is 0.582. The molecule has 1 rings (SSSR count). The van der Waals surface area contributed by atoms with Crippen molar-refractivity contribution in [3.63, 3.8) is 0 Å². The smallest absolute Gasteiger partial charge is 0.0392 e. The van der Waals surface area contributed by atoms with Crippen LogP contribution >= 0.6 is 0 Å². The van der Waals surface area contributed by atoms with Crippen LogP contribution < -0.4 is 10.6 Å². The maximum atomic E-state index is 3.78. The van der Waals surface area contributed by atoms with E-state index in [1.807, 2.05) is 12.3 Å². The third kappa shape index (κ3) is 2.93. The highest BCUT2D eigenvalue weighted by molar-refractivity contribution is 5.24. The molecular formula is C10H16N2. The zero-order valence-corrected chi connectivity index (χ0v) is 7.34. The van der Waals surface area contributed by atoms with Crippen LogP contribution in [-0.2, 0) is 0 Å². The van der Waals surface area contributed by atoms with Crippen LogP contribution in [0.2, 0.25) is 0 Å². The summed E-state index contributed by atoms with van der Waals surface area (Å²) in [6, 6.07) is 0.582. The van der Waals surface area contributed by atoms with E-state index in [-0.39, 0.29) is 0 Å². The molecule has 1 atom stereocenters. The zero-order valence-electron chi connectivity index (χ0n) is 7.34. The SMILES string of the molecule is C=CC(=C)/C=C\N[C@H]1CCNC1. The molecule has 1 fully saturated rings. The molecule has 1 aliphatic rings. The van der Waals surface area contributed by atoms with Crippen molar-refractivity contribution in [1.29, 1.82) is 0 Å². The Morgan fingerprint density at radius 1 is 1.58 bits per heavy atom. The fraction of sp³-hybridized carbons (Fsp3) is 0.400. The largest absolute Gasteiger partial charge is 0.387 e. The molecule has 2 N–H and O–H groups in total. The van der Waals surface area contributed by atoms with Crippen LogP contribution in [0.15, 0.2) is 37.1 Å². The van der Waals surface area contributed by atoms with Gasteiger partial charge in [0, 0.05) is 12.6 Å². The molecular weight excluding hydrogens is 148 g/mol. The van der Waals surface area contributed by atoms with Crippen molar-refractivity contribution >= 4 is 0 Å². The Morgan fingerprint density at radius 2 is 2.42 bits per heavy atom. The van der Waals surface area contributed by atoms with Gasteiger partial charge in [-0.3, -0.25) is 0 Å². The van der Waals surface area contributed by atoms with Crippen LogP contribution in [-0.4, -0.2) is 19.1 Å². The van der Waals surface area contributed by atoms with Crippen molar-refractivity contribution in [1.82, 2.24) is 10.6 Å². The highest BCUT2D eigenvalue weighted by Gasteiger charge is 2.10. The minimum atomic E-state index is 0.582. The lowest BCUT2D eigenvalue weighted by Gasteiger charge is -2.06. The van der Waals surface area contributed by atoms with Gasteiger partial charge in [0.05, 0.1) is 0 Å². The van der Waals surface area contributed by atoms with Gasteiger partial charge in [0.2, 0.25) is 0 Å². The first kappa shape index (κ1) is 9.07. The molecule has 0 amide bonds. The van der Waals surface area contributed by atoms with Gasteiger partial charge < -0.3 is 10.6 Å². The van der Waals surface area contributed by atoms with E-state index in [0.29, 0.717) is 6.04 Å². The van der Waals surface area contributed by atoms with Gasteiger partial charge in [0.1, 0.15) is 0 Å². The van der Waals surface area contributed by atoms with E-state index in [0.717, 1.165) is 18.7 Å². The Balaban J connectivity index is 2.19. The van der Waals surface area contributed by atoms with Crippen molar-refractivity contribution < 1.29 is 0 Å². The molecule has 0 spiro atoms. The zero-order chi connectivity index (χ0) is 8.81. The molecule has 0 aromatic rings. The molecule has 0 bridgehead atoms. The predicted octanol–water partition coefficient (Wildman–Crippen LogP) is 1.19. The highest BCUT2D eigenvalue weighted by Crippen LogP contribution is 1.97. The van der Waals surface area contributed by atoms with Crippen LogP contribution in [0.4, 0.5) is 0 Å². The molecule has 12 heavy (non-hydrogen) atoms. The van der Waals surface area contributed by atoms with Crippen molar-refractivity contribution in [3.8, 4) is 0 Å². The van der Waals surface area contributed by atoms with Crippen LogP contribution in [0, 0.1) is 0 Å². The van der Waals surface area contributed by atoms with E-state index < -0.39 is 0 Å². The number of hydrogen-bond donors (Lipinski definition) is 2. The Bertz CT molecular complexity index is 188. The fourth-order valence-electron chi connectivity index (χ4n) is 1.16. The van der Waals surface area contributed by atoms with Gasteiger partial charge in [0.15, 0.2) is 0 Å². The summed E-state index contributed by atoms with van der Waals surface area (Å²) in [6.07, 6.45) is 6.82. The second-order valence-electron chi connectivity index (χ2n) is 2.97. The molecule has 1 heterocycles. The maximum Gasteiger partial charge on any atom is 0.0392 e. The monoisotopic (exact) mass is 164 g/mol. The van der Waals surface area contributed by atoms with E-state index in [2.05, 4.69) is 23.8 Å². The summed E-state index contributed by atoms with van der Waals surface area (Å²) in [5, 5.41) is 6.58. The predicted molar refractivity (Wildman–Crippen MR) is 52.9 cm³/mol. The van der Waals surface area contributed by atoms with Crippen molar-refractivity contribution in [2.24, 2.45) is 0 Å². The second-order valence-corrected chi connectivity index (χ2v) is 2.97. The van der Waals surface area contributed by atoms with E-state index in [1.165, 1.54) is 6.42 Å². The number of hydrogen-bond acceptors (Lipinski definition) is 2. The Morgan fingerprint density at radius 3 is 3.00 bits per heavy atom. The van der Waals surface area contributed by atoms with Crippen molar-refractivity contribution in [2.45, 2.75) is 12.5 Å². The van der Waals surface area contributed by atoms with Crippen LogP contribution in [0.1, 0.15) is 6.42 Å². The quantitative estimate of drug-likeness (QED) is 0.610. The molecule has 0 saturated carbocycles. The average molecular weight is 164 g/mol. The summed E-state index contributed by atoms with van der Waals surface area (Å²) in [6.45, 7) is 9.58. The molecule has 0 unspecified atom stereocenters. The first-order chi connectivity index (χ1) is 5.83. The standard InChI is InChI=1S/C10H16N2/c1-3-9(2)4-7-12-10-5-6-11-8-10/h3-4,7,10-12H,1-2,5-6,8H2/b7-4-/t10-/m0/s1. The van der Waals surface area contributed by atoms with Gasteiger partial charge in [-0.15, -0.1) is 0 Å². The highest BCUT2D eigenvalue weighted by atomic mass is 15.0. The third-order valence-electron chi connectivity index (χ3n) is 1.95. The van der Waals surface area contributed by atoms with Gasteiger partial charge in [-0.25, -0.2) is 0 Å². The van der Waals surface area contributed by atoms with E-state index in [9.17, 15) is 0 Å². The lowest BCUT2D eigenvalue weighted by atomic mass is 10.2. The number of nitrogens with one attached hydrogen (secondary N) is 2. The molecule has 2 heteroatoms. The summed E-state index contributed by atoms with van der Waals surface area (Å²) in [7, 11) is 0. The molecule has 0 aromatic carbocycles. The van der Waals surface area contributed by atoms with Gasteiger partial charge in [0.25, 0.3) is 0 Å². The van der Waals surface area contributed by atoms with Gasteiger partial charge in [-0.2, -0.15) is 0 Å². The van der Waals surface area contributed by atoms with Crippen molar-refractivity contribution in [2.75, 3.05) is 13.1 Å². The average Bonchev–Trinajstić information content (AvgIpc) is 2.57. The van der Waals surface area contributed by atoms with Gasteiger partial charge >= 0.3 is 0 Å². The van der Waals surface area contributed by atoms with Gasteiger partial charge in [-0.05, 0) is 30.8 Å². The van der Waals surface area contributed by atoms with Crippen LogP contribution in [0.25, 0.3) is 0 Å². The topological polar surface area (TPSA) is 24.1 Å². The van der Waals surface area contributed by atoms with Gasteiger partial charge in [-0.1, -0.05) is 19.2 Å². The van der Waals surface area contributed by atoms with Crippen molar-refractivity contribution in [3.05, 3.63) is 37.1 Å². The summed E-state index contributed by atoms with van der Waals surface area (Å²) in [4.78, 5) is 0. The van der Waals surface area contributed by atoms with E-state index in [1.54, 1.807) is 6.08 Å². The molecule has 66 valence electrons. The second kappa shape index (κ2) is 4.78. The Labute approximate surface area is 74.0 Å². The van der Waals surface area contributed by atoms with E-state index >= 15 is 0 Å². The van der Waals surface area contributed by atoms with E-state index in [4.69, 9.17) is 0 Å². The normalized spacial score (nSPS) is 22.8. The minimum Gasteiger partial charge on any atom is -0.387 e. The Kier molecular flexibility index (Phi) is 3.61. The third-order valence-corrected chi connectivity index (χ3v) is 1.95. The number of allylic oxidation sites excluding steroid dienone is 3. The summed E-state index contributed by atoms with van der Waals surface area (Å²) in [5.74, 6) is 0. The molecule has 1 aliphatic heterocycles. The molecule has 1 saturated heterocycles. The van der Waals surface area contributed by atoms with Crippen LogP contribution in [0.5, 0.6) is 0 Å². The summed E-state index contributed by atoms with van der Waals surface area (Å²) < 4.78 is 0. The Hall–Kier alpha value is -1.02. The lowest BCUT2D eigenvalue weighted by molar-refractivity contribution is 0.639. The summed E-state index contributed by atoms with van der Waals surface area (Å²) in [5.41, 5.74) is 0.938. The molecule has 0 radical (unpaired) electrons. The first-order valence-corrected chi connectivity index (χ1v) is 4.27.